The van der Waals surface area contributed by atoms with Gasteiger partial charge in [0.1, 0.15) is 0 Å². The second kappa shape index (κ2) is 9.83. The maximum atomic E-state index is 14.7. The predicted molar refractivity (Wildman–Crippen MR) is 137 cm³/mol. The van der Waals surface area contributed by atoms with Gasteiger partial charge in [0.2, 0.25) is 7.29 Å². The van der Waals surface area contributed by atoms with E-state index < -0.39 is 7.29 Å². The molecule has 0 bridgehead atoms. The molecule has 4 aromatic rings. The van der Waals surface area contributed by atoms with Crippen LogP contribution in [0.2, 0.25) is 0 Å². The van der Waals surface area contributed by atoms with Crippen molar-refractivity contribution < 1.29 is 4.57 Å². The van der Waals surface area contributed by atoms with E-state index in [1.54, 1.807) is 11.3 Å². The Morgan fingerprint density at radius 2 is 1.34 bits per heavy atom. The lowest BCUT2D eigenvalue weighted by molar-refractivity contribution is 0.528. The molecule has 0 saturated heterocycles. The van der Waals surface area contributed by atoms with Gasteiger partial charge < -0.3 is 4.90 Å². The highest BCUT2D eigenvalue weighted by Crippen LogP contribution is 2.46. The molecule has 0 aliphatic rings. The quantitative estimate of drug-likeness (QED) is 0.348. The fourth-order valence-electron chi connectivity index (χ4n) is 3.77. The molecule has 1 heterocycles. The second-order valence-electron chi connectivity index (χ2n) is 8.03. The molecule has 3 aromatic carbocycles. The molecular weight excluding hydrogens is 433 g/mol. The molecule has 0 spiro atoms. The molecule has 0 radical (unpaired) electrons. The van der Waals surface area contributed by atoms with E-state index in [0.717, 1.165) is 20.6 Å². The summed E-state index contributed by atoms with van der Waals surface area (Å²) >= 11 is 1.63. The van der Waals surface area contributed by atoms with Crippen molar-refractivity contribution in [3.8, 4) is 0 Å². The van der Waals surface area contributed by atoms with Crippen molar-refractivity contribution in [3.63, 3.8) is 0 Å². The summed E-state index contributed by atoms with van der Waals surface area (Å²) in [6.45, 7) is 2.18. The first-order valence-corrected chi connectivity index (χ1v) is 13.2. The van der Waals surface area contributed by atoms with Gasteiger partial charge in [-0.2, -0.15) is 0 Å². The standard InChI is InChI=1S/C26H28N3OPS/c1-20(21-13-7-4-8-14-21)25(24-19-27-26(32-24)29(2)3)28-31(30,22-15-9-5-10-16-22)23-17-11-6-12-18-23/h4-20,25H,1-3H3,(H,28,30). The molecule has 4 nitrogen and oxygen atoms in total. The van der Waals surface area contributed by atoms with Gasteiger partial charge >= 0.3 is 0 Å². The van der Waals surface area contributed by atoms with Crippen LogP contribution in [0.5, 0.6) is 0 Å². The van der Waals surface area contributed by atoms with Crippen LogP contribution in [0.25, 0.3) is 0 Å². The van der Waals surface area contributed by atoms with E-state index >= 15 is 0 Å². The molecule has 6 heteroatoms. The van der Waals surface area contributed by atoms with Crippen molar-refractivity contribution in [2.45, 2.75) is 18.9 Å². The number of hydrogen-bond acceptors (Lipinski definition) is 4. The van der Waals surface area contributed by atoms with Crippen molar-refractivity contribution in [1.29, 1.82) is 0 Å². The van der Waals surface area contributed by atoms with E-state index in [1.165, 1.54) is 5.56 Å². The third-order valence-corrected chi connectivity index (χ3v) is 9.53. The average molecular weight is 462 g/mol. The van der Waals surface area contributed by atoms with Gasteiger partial charge in [0.05, 0.1) is 6.04 Å². The number of aromatic nitrogens is 1. The fourth-order valence-corrected chi connectivity index (χ4v) is 7.38. The first-order valence-electron chi connectivity index (χ1n) is 10.7. The largest absolute Gasteiger partial charge is 0.354 e. The van der Waals surface area contributed by atoms with Gasteiger partial charge in [-0.05, 0) is 29.8 Å². The van der Waals surface area contributed by atoms with Crippen LogP contribution in [-0.4, -0.2) is 19.1 Å². The normalized spacial score (nSPS) is 13.5. The zero-order chi connectivity index (χ0) is 22.6. The Bertz CT molecular complexity index is 1140. The first-order chi connectivity index (χ1) is 15.5. The van der Waals surface area contributed by atoms with Crippen molar-refractivity contribution in [3.05, 3.63) is 108 Å². The Labute approximate surface area is 194 Å². The maximum Gasteiger partial charge on any atom is 0.205 e. The zero-order valence-electron chi connectivity index (χ0n) is 18.6. The summed E-state index contributed by atoms with van der Waals surface area (Å²) in [5.74, 6) is 0.0902. The number of nitrogens with one attached hydrogen (secondary N) is 1. The van der Waals surface area contributed by atoms with Crippen LogP contribution >= 0.6 is 18.6 Å². The Hall–Kier alpha value is -2.72. The van der Waals surface area contributed by atoms with Gasteiger partial charge in [-0.25, -0.2) is 4.98 Å². The highest BCUT2D eigenvalue weighted by Gasteiger charge is 2.34. The van der Waals surface area contributed by atoms with E-state index in [4.69, 9.17) is 0 Å². The third-order valence-electron chi connectivity index (χ3n) is 5.59. The predicted octanol–water partition coefficient (Wildman–Crippen LogP) is 5.57. The second-order valence-corrected chi connectivity index (χ2v) is 11.6. The molecule has 1 N–H and O–H groups in total. The minimum absolute atomic E-state index is 0.0902. The molecule has 0 aliphatic carbocycles. The van der Waals surface area contributed by atoms with Gasteiger partial charge in [0.25, 0.3) is 0 Å². The lowest BCUT2D eigenvalue weighted by Crippen LogP contribution is -2.32. The first kappa shape index (κ1) is 22.5. The zero-order valence-corrected chi connectivity index (χ0v) is 20.3. The fraction of sp³-hybridized carbons (Fsp3) is 0.192. The third kappa shape index (κ3) is 4.71. The van der Waals surface area contributed by atoms with Crippen molar-refractivity contribution in [1.82, 2.24) is 10.1 Å². The van der Waals surface area contributed by atoms with Gasteiger partial charge in [-0.3, -0.25) is 9.65 Å². The molecular formula is C26H28N3OPS. The van der Waals surface area contributed by atoms with Crippen LogP contribution in [0.3, 0.4) is 0 Å². The minimum atomic E-state index is -3.12. The summed E-state index contributed by atoms with van der Waals surface area (Å²) in [6.07, 6.45) is 1.91. The molecule has 0 fully saturated rings. The van der Waals surface area contributed by atoms with Crippen LogP contribution in [0, 0.1) is 0 Å². The van der Waals surface area contributed by atoms with Crippen molar-refractivity contribution in [2.24, 2.45) is 0 Å². The van der Waals surface area contributed by atoms with E-state index in [2.05, 4.69) is 41.3 Å². The molecule has 2 unspecified atom stereocenters. The number of nitrogens with zero attached hydrogens (tertiary/aromatic N) is 2. The Kier molecular flexibility index (Phi) is 6.90. The topological polar surface area (TPSA) is 45.2 Å². The molecule has 0 saturated carbocycles. The summed E-state index contributed by atoms with van der Waals surface area (Å²) in [5, 5.41) is 6.17. The summed E-state index contributed by atoms with van der Waals surface area (Å²) in [6, 6.07) is 29.7. The molecule has 4 rings (SSSR count). The Balaban J connectivity index is 1.82. The SMILES string of the molecule is CC(c1ccccc1)C(NP(=O)(c1ccccc1)c1ccccc1)c1cnc(N(C)C)s1. The summed E-state index contributed by atoms with van der Waals surface area (Å²) < 4.78 is 14.7. The number of anilines is 1. The lowest BCUT2D eigenvalue weighted by Gasteiger charge is -2.30. The number of benzene rings is 3. The highest BCUT2D eigenvalue weighted by molar-refractivity contribution is 7.76. The van der Waals surface area contributed by atoms with E-state index in [0.29, 0.717) is 0 Å². The van der Waals surface area contributed by atoms with Crippen molar-refractivity contribution >= 4 is 34.4 Å². The van der Waals surface area contributed by atoms with Crippen molar-refractivity contribution in [2.75, 3.05) is 19.0 Å². The van der Waals surface area contributed by atoms with Crippen LogP contribution in [0.4, 0.5) is 5.13 Å². The molecule has 2 atom stereocenters. The minimum Gasteiger partial charge on any atom is -0.354 e. The highest BCUT2D eigenvalue weighted by atomic mass is 32.1. The Morgan fingerprint density at radius 3 is 1.81 bits per heavy atom. The lowest BCUT2D eigenvalue weighted by atomic mass is 9.93. The van der Waals surface area contributed by atoms with Gasteiger partial charge in [-0.1, -0.05) is 73.7 Å². The summed E-state index contributed by atoms with van der Waals surface area (Å²) in [7, 11) is 0.862. The van der Waals surface area contributed by atoms with Gasteiger partial charge in [0.15, 0.2) is 5.13 Å². The number of thiazole rings is 1. The van der Waals surface area contributed by atoms with Gasteiger partial charge in [0, 0.05) is 41.7 Å². The molecule has 32 heavy (non-hydrogen) atoms. The molecule has 0 aliphatic heterocycles. The van der Waals surface area contributed by atoms with Crippen LogP contribution in [0.15, 0.2) is 97.2 Å². The van der Waals surface area contributed by atoms with Gasteiger partial charge in [-0.15, -0.1) is 11.3 Å². The van der Waals surface area contributed by atoms with Crippen LogP contribution in [-0.2, 0) is 4.57 Å². The van der Waals surface area contributed by atoms with E-state index in [-0.39, 0.29) is 12.0 Å². The molecule has 0 amide bonds. The smallest absolute Gasteiger partial charge is 0.205 e. The number of hydrogen-bond donors (Lipinski definition) is 1. The van der Waals surface area contributed by atoms with E-state index in [1.807, 2.05) is 91.9 Å². The monoisotopic (exact) mass is 461 g/mol. The average Bonchev–Trinajstić information content (AvgIpc) is 3.34. The number of rotatable bonds is 8. The summed E-state index contributed by atoms with van der Waals surface area (Å²) in [5.41, 5.74) is 1.19. The molecule has 164 valence electrons. The molecule has 1 aromatic heterocycles. The van der Waals surface area contributed by atoms with Crippen LogP contribution < -0.4 is 20.6 Å². The van der Waals surface area contributed by atoms with Crippen LogP contribution in [0.1, 0.15) is 29.3 Å². The maximum absolute atomic E-state index is 14.7. The summed E-state index contributed by atoms with van der Waals surface area (Å²) in [4.78, 5) is 7.68. The Morgan fingerprint density at radius 1 is 0.844 bits per heavy atom. The van der Waals surface area contributed by atoms with E-state index in [9.17, 15) is 4.57 Å².